The summed E-state index contributed by atoms with van der Waals surface area (Å²) in [5.74, 6) is 1.24. The Morgan fingerprint density at radius 1 is 1.04 bits per heavy atom. The van der Waals surface area contributed by atoms with Crippen LogP contribution in [-0.4, -0.2) is 21.5 Å². The average molecular weight is 338 g/mol. The molecule has 0 radical (unpaired) electrons. The summed E-state index contributed by atoms with van der Waals surface area (Å²) in [5.41, 5.74) is 1.00. The molecule has 1 aromatic carbocycles. The molecule has 2 heterocycles. The van der Waals surface area contributed by atoms with Gasteiger partial charge in [0.1, 0.15) is 5.76 Å². The monoisotopic (exact) mass is 338 g/mol. The predicted molar refractivity (Wildman–Crippen MR) is 94.4 cm³/mol. The summed E-state index contributed by atoms with van der Waals surface area (Å²) in [5, 5.41) is 0. The first-order valence-electron chi connectivity index (χ1n) is 7.68. The summed E-state index contributed by atoms with van der Waals surface area (Å²) in [6.07, 6.45) is 5.14. The van der Waals surface area contributed by atoms with E-state index in [1.54, 1.807) is 35.3 Å². The highest BCUT2D eigenvalue weighted by atomic mass is 32.2. The fourth-order valence-electron chi connectivity index (χ4n) is 2.29. The third kappa shape index (κ3) is 4.73. The quantitative estimate of drug-likeness (QED) is 0.611. The number of thioether (sulfide) groups is 1. The molecule has 0 aliphatic carbocycles. The zero-order valence-electron chi connectivity index (χ0n) is 13.2. The number of hydrogen-bond donors (Lipinski definition) is 0. The van der Waals surface area contributed by atoms with Crippen LogP contribution in [0.4, 0.5) is 0 Å². The topological polar surface area (TPSA) is 46.3 Å². The molecule has 0 bridgehead atoms. The van der Waals surface area contributed by atoms with E-state index in [0.29, 0.717) is 18.8 Å². The highest BCUT2D eigenvalue weighted by molar-refractivity contribution is 8.00. The van der Waals surface area contributed by atoms with Crippen molar-refractivity contribution in [3.8, 4) is 0 Å². The maximum atomic E-state index is 12.7. The van der Waals surface area contributed by atoms with Crippen LogP contribution in [0, 0.1) is 0 Å². The van der Waals surface area contributed by atoms with Gasteiger partial charge in [0, 0.05) is 23.8 Å². The second-order valence-electron chi connectivity index (χ2n) is 5.29. The number of carbonyl (C=O) groups is 1. The van der Waals surface area contributed by atoms with Gasteiger partial charge >= 0.3 is 0 Å². The van der Waals surface area contributed by atoms with Crippen molar-refractivity contribution in [3.05, 3.63) is 84.6 Å². The lowest BCUT2D eigenvalue weighted by Crippen LogP contribution is -2.31. The molecule has 3 rings (SSSR count). The third-order valence-corrected chi connectivity index (χ3v) is 4.48. The van der Waals surface area contributed by atoms with E-state index in [1.165, 1.54) is 0 Å². The van der Waals surface area contributed by atoms with E-state index in [4.69, 9.17) is 4.42 Å². The molecule has 0 spiro atoms. The normalized spacial score (nSPS) is 10.5. The first kappa shape index (κ1) is 16.3. The molecule has 0 fully saturated rings. The van der Waals surface area contributed by atoms with Gasteiger partial charge in [-0.1, -0.05) is 24.3 Å². The van der Waals surface area contributed by atoms with Crippen LogP contribution in [0.3, 0.4) is 0 Å². The Kier molecular flexibility index (Phi) is 5.69. The van der Waals surface area contributed by atoms with Crippen LogP contribution in [0.5, 0.6) is 0 Å². The van der Waals surface area contributed by atoms with E-state index < -0.39 is 0 Å². The van der Waals surface area contributed by atoms with E-state index in [9.17, 15) is 4.79 Å². The molecule has 2 aromatic heterocycles. The van der Waals surface area contributed by atoms with E-state index in [2.05, 4.69) is 4.98 Å². The Morgan fingerprint density at radius 3 is 2.62 bits per heavy atom. The SMILES string of the molecule is O=C(CSc1ccccc1)N(Cc1cccnc1)Cc1ccco1. The van der Waals surface area contributed by atoms with Gasteiger partial charge in [0.05, 0.1) is 18.6 Å². The first-order valence-corrected chi connectivity index (χ1v) is 8.67. The van der Waals surface area contributed by atoms with Crippen molar-refractivity contribution in [3.63, 3.8) is 0 Å². The largest absolute Gasteiger partial charge is 0.467 e. The van der Waals surface area contributed by atoms with Crippen molar-refractivity contribution in [2.75, 3.05) is 5.75 Å². The maximum Gasteiger partial charge on any atom is 0.233 e. The van der Waals surface area contributed by atoms with Gasteiger partial charge in [-0.2, -0.15) is 0 Å². The molecule has 0 saturated heterocycles. The molecule has 0 aliphatic heterocycles. The Balaban J connectivity index is 1.67. The van der Waals surface area contributed by atoms with Crippen molar-refractivity contribution >= 4 is 17.7 Å². The number of carbonyl (C=O) groups excluding carboxylic acids is 1. The minimum absolute atomic E-state index is 0.0732. The number of pyridine rings is 1. The Labute approximate surface area is 145 Å². The number of aromatic nitrogens is 1. The van der Waals surface area contributed by atoms with Gasteiger partial charge in [-0.3, -0.25) is 9.78 Å². The second-order valence-corrected chi connectivity index (χ2v) is 6.34. The first-order chi connectivity index (χ1) is 11.8. The smallest absolute Gasteiger partial charge is 0.233 e. The highest BCUT2D eigenvalue weighted by Gasteiger charge is 2.16. The number of hydrogen-bond acceptors (Lipinski definition) is 4. The lowest BCUT2D eigenvalue weighted by molar-refractivity contribution is -0.129. The molecule has 4 nitrogen and oxygen atoms in total. The number of furan rings is 1. The third-order valence-electron chi connectivity index (χ3n) is 3.48. The van der Waals surface area contributed by atoms with Crippen LogP contribution >= 0.6 is 11.8 Å². The molecule has 3 aromatic rings. The van der Waals surface area contributed by atoms with E-state index in [-0.39, 0.29) is 5.91 Å². The minimum atomic E-state index is 0.0732. The van der Waals surface area contributed by atoms with Crippen molar-refractivity contribution in [2.45, 2.75) is 18.0 Å². The fourth-order valence-corrected chi connectivity index (χ4v) is 3.11. The summed E-state index contributed by atoms with van der Waals surface area (Å²) >= 11 is 1.54. The van der Waals surface area contributed by atoms with Crippen LogP contribution < -0.4 is 0 Å². The molecule has 122 valence electrons. The van der Waals surface area contributed by atoms with Gasteiger partial charge in [-0.25, -0.2) is 0 Å². The van der Waals surface area contributed by atoms with Gasteiger partial charge < -0.3 is 9.32 Å². The molecule has 0 saturated carbocycles. The van der Waals surface area contributed by atoms with E-state index in [0.717, 1.165) is 16.2 Å². The zero-order valence-corrected chi connectivity index (χ0v) is 14.0. The van der Waals surface area contributed by atoms with Gasteiger partial charge in [0.15, 0.2) is 0 Å². The van der Waals surface area contributed by atoms with Gasteiger partial charge in [0.25, 0.3) is 0 Å². The Morgan fingerprint density at radius 2 is 1.92 bits per heavy atom. The highest BCUT2D eigenvalue weighted by Crippen LogP contribution is 2.19. The summed E-state index contributed by atoms with van der Waals surface area (Å²) < 4.78 is 5.40. The van der Waals surface area contributed by atoms with E-state index >= 15 is 0 Å². The molecule has 5 heteroatoms. The van der Waals surface area contributed by atoms with Crippen molar-refractivity contribution < 1.29 is 9.21 Å². The van der Waals surface area contributed by atoms with Crippen LogP contribution in [0.15, 0.2) is 82.6 Å². The summed E-state index contributed by atoms with van der Waals surface area (Å²) in [6.45, 7) is 0.971. The lowest BCUT2D eigenvalue weighted by atomic mass is 10.2. The number of amides is 1. The van der Waals surface area contributed by atoms with Gasteiger partial charge in [0.2, 0.25) is 5.91 Å². The standard InChI is InChI=1S/C19H18N2O2S/c22-19(15-24-18-8-2-1-3-9-18)21(14-17-7-5-11-23-17)13-16-6-4-10-20-12-16/h1-12H,13-15H2. The molecular weight excluding hydrogens is 320 g/mol. The lowest BCUT2D eigenvalue weighted by Gasteiger charge is -2.21. The number of benzene rings is 1. The van der Waals surface area contributed by atoms with Crippen molar-refractivity contribution in [1.29, 1.82) is 0 Å². The molecule has 0 unspecified atom stereocenters. The maximum absolute atomic E-state index is 12.7. The fraction of sp³-hybridized carbons (Fsp3) is 0.158. The number of nitrogens with zero attached hydrogens (tertiary/aromatic N) is 2. The van der Waals surface area contributed by atoms with Gasteiger partial charge in [-0.05, 0) is 35.9 Å². The van der Waals surface area contributed by atoms with E-state index in [1.807, 2.05) is 54.6 Å². The van der Waals surface area contributed by atoms with Gasteiger partial charge in [-0.15, -0.1) is 11.8 Å². The minimum Gasteiger partial charge on any atom is -0.467 e. The molecule has 1 amide bonds. The van der Waals surface area contributed by atoms with Crippen molar-refractivity contribution in [2.24, 2.45) is 0 Å². The molecule has 0 aliphatic rings. The van der Waals surface area contributed by atoms with Crippen LogP contribution in [0.1, 0.15) is 11.3 Å². The Bertz CT molecular complexity index is 746. The predicted octanol–water partition coefficient (Wildman–Crippen LogP) is 4.00. The summed E-state index contributed by atoms with van der Waals surface area (Å²) in [7, 11) is 0. The summed E-state index contributed by atoms with van der Waals surface area (Å²) in [4.78, 5) is 19.7. The zero-order chi connectivity index (χ0) is 16.6. The Hall–Kier alpha value is -2.53. The molecule has 24 heavy (non-hydrogen) atoms. The molecule has 0 atom stereocenters. The summed E-state index contributed by atoms with van der Waals surface area (Å²) in [6, 6.07) is 17.5. The molecular formula is C19H18N2O2S. The average Bonchev–Trinajstić information content (AvgIpc) is 3.14. The van der Waals surface area contributed by atoms with Crippen LogP contribution in [0.2, 0.25) is 0 Å². The van der Waals surface area contributed by atoms with Crippen LogP contribution in [0.25, 0.3) is 0 Å². The number of rotatable bonds is 7. The second kappa shape index (κ2) is 8.36. The van der Waals surface area contributed by atoms with Crippen molar-refractivity contribution in [1.82, 2.24) is 9.88 Å². The van der Waals surface area contributed by atoms with Crippen LogP contribution in [-0.2, 0) is 17.9 Å². The molecule has 0 N–H and O–H groups in total.